The lowest BCUT2D eigenvalue weighted by molar-refractivity contribution is 0.754. The first-order valence-corrected chi connectivity index (χ1v) is 7.26. The van der Waals surface area contributed by atoms with Gasteiger partial charge in [0, 0.05) is 22.1 Å². The van der Waals surface area contributed by atoms with E-state index in [1.165, 1.54) is 4.88 Å². The summed E-state index contributed by atoms with van der Waals surface area (Å²) in [5.41, 5.74) is 1.76. The lowest BCUT2D eigenvalue weighted by atomic mass is 10.1. The Morgan fingerprint density at radius 2 is 2.17 bits per heavy atom. The highest BCUT2D eigenvalue weighted by molar-refractivity contribution is 9.10. The van der Waals surface area contributed by atoms with Gasteiger partial charge in [-0.15, -0.1) is 11.3 Å². The number of rotatable bonds is 3. The third-order valence-corrected chi connectivity index (χ3v) is 4.71. The van der Waals surface area contributed by atoms with Crippen LogP contribution in [-0.2, 0) is 0 Å². The topological polar surface area (TPSA) is 27.0 Å². The molecule has 0 spiro atoms. The van der Waals surface area contributed by atoms with Crippen LogP contribution in [0.15, 0.2) is 40.2 Å². The first kappa shape index (κ1) is 13.1. The summed E-state index contributed by atoms with van der Waals surface area (Å²) >= 11 is 5.19. The van der Waals surface area contributed by atoms with Crippen LogP contribution in [0.3, 0.4) is 0 Å². The molecule has 1 atom stereocenters. The van der Waals surface area contributed by atoms with Crippen molar-refractivity contribution in [2.45, 2.75) is 13.0 Å². The molecule has 0 saturated carbocycles. The van der Waals surface area contributed by atoms with Crippen molar-refractivity contribution in [3.63, 3.8) is 0 Å². The zero-order valence-corrected chi connectivity index (χ0v) is 12.6. The van der Waals surface area contributed by atoms with Crippen molar-refractivity contribution in [3.05, 3.63) is 50.6 Å². The number of benzene rings is 1. The lowest BCUT2D eigenvalue weighted by Gasteiger charge is -2.26. The molecule has 4 heteroatoms. The summed E-state index contributed by atoms with van der Waals surface area (Å²) in [5, 5.41) is 11.0. The van der Waals surface area contributed by atoms with Gasteiger partial charge >= 0.3 is 0 Å². The molecule has 0 fully saturated rings. The monoisotopic (exact) mass is 320 g/mol. The van der Waals surface area contributed by atoms with Crippen LogP contribution in [0, 0.1) is 11.3 Å². The Morgan fingerprint density at radius 1 is 1.39 bits per heavy atom. The van der Waals surface area contributed by atoms with Crippen LogP contribution < -0.4 is 4.90 Å². The minimum Gasteiger partial charge on any atom is -0.367 e. The van der Waals surface area contributed by atoms with Crippen LogP contribution in [0.1, 0.15) is 23.4 Å². The molecular formula is C14H13BrN2S. The zero-order valence-electron chi connectivity index (χ0n) is 10.2. The average molecular weight is 321 g/mol. The first-order chi connectivity index (χ1) is 8.63. The third-order valence-electron chi connectivity index (χ3n) is 3.02. The Balaban J connectivity index is 2.27. The molecule has 1 aromatic heterocycles. The fourth-order valence-corrected chi connectivity index (χ4v) is 3.04. The predicted molar refractivity (Wildman–Crippen MR) is 80.0 cm³/mol. The van der Waals surface area contributed by atoms with Crippen LogP contribution in [0.5, 0.6) is 0 Å². The molecule has 0 aliphatic rings. The van der Waals surface area contributed by atoms with Crippen molar-refractivity contribution in [2.24, 2.45) is 0 Å². The molecule has 1 unspecified atom stereocenters. The van der Waals surface area contributed by atoms with E-state index in [2.05, 4.69) is 58.4 Å². The molecule has 2 rings (SSSR count). The van der Waals surface area contributed by atoms with E-state index in [1.807, 2.05) is 18.2 Å². The number of thiophene rings is 1. The van der Waals surface area contributed by atoms with Crippen molar-refractivity contribution in [1.29, 1.82) is 5.26 Å². The van der Waals surface area contributed by atoms with Gasteiger partial charge in [-0.05, 0) is 52.5 Å². The molecule has 0 aliphatic carbocycles. The second-order valence-electron chi connectivity index (χ2n) is 4.08. The number of nitriles is 1. The molecule has 18 heavy (non-hydrogen) atoms. The van der Waals surface area contributed by atoms with Crippen LogP contribution in [0.25, 0.3) is 0 Å². The van der Waals surface area contributed by atoms with Gasteiger partial charge in [0.15, 0.2) is 0 Å². The van der Waals surface area contributed by atoms with Crippen molar-refractivity contribution in [3.8, 4) is 6.07 Å². The average Bonchev–Trinajstić information content (AvgIpc) is 2.90. The number of hydrogen-bond donors (Lipinski definition) is 0. The lowest BCUT2D eigenvalue weighted by Crippen LogP contribution is -2.20. The Kier molecular flexibility index (Phi) is 4.05. The van der Waals surface area contributed by atoms with Gasteiger partial charge in [-0.2, -0.15) is 5.26 Å². The number of anilines is 1. The Morgan fingerprint density at radius 3 is 2.72 bits per heavy atom. The molecule has 0 saturated heterocycles. The van der Waals surface area contributed by atoms with E-state index in [4.69, 9.17) is 5.26 Å². The van der Waals surface area contributed by atoms with Crippen molar-refractivity contribution in [1.82, 2.24) is 0 Å². The van der Waals surface area contributed by atoms with Gasteiger partial charge in [-0.1, -0.05) is 6.07 Å². The smallest absolute Gasteiger partial charge is 0.100 e. The van der Waals surface area contributed by atoms with Gasteiger partial charge in [-0.3, -0.25) is 0 Å². The molecule has 0 amide bonds. The van der Waals surface area contributed by atoms with Gasteiger partial charge in [-0.25, -0.2) is 0 Å². The van der Waals surface area contributed by atoms with Crippen molar-refractivity contribution >= 4 is 33.0 Å². The summed E-state index contributed by atoms with van der Waals surface area (Å²) in [4.78, 5) is 3.54. The summed E-state index contributed by atoms with van der Waals surface area (Å²) < 4.78 is 0.840. The highest BCUT2D eigenvalue weighted by atomic mass is 79.9. The molecule has 1 aromatic carbocycles. The van der Waals surface area contributed by atoms with Crippen molar-refractivity contribution in [2.75, 3.05) is 11.9 Å². The first-order valence-electron chi connectivity index (χ1n) is 5.59. The predicted octanol–water partition coefficient (Wildman–Crippen LogP) is 4.58. The summed E-state index contributed by atoms with van der Waals surface area (Å²) in [5.74, 6) is 0. The maximum atomic E-state index is 8.92. The molecule has 1 heterocycles. The van der Waals surface area contributed by atoms with Crippen LogP contribution in [0.2, 0.25) is 0 Å². The maximum Gasteiger partial charge on any atom is 0.100 e. The maximum absolute atomic E-state index is 8.92. The van der Waals surface area contributed by atoms with E-state index < -0.39 is 0 Å². The summed E-state index contributed by atoms with van der Waals surface area (Å²) in [6.07, 6.45) is 0. The van der Waals surface area contributed by atoms with Gasteiger partial charge in [0.05, 0.1) is 11.6 Å². The van der Waals surface area contributed by atoms with E-state index in [9.17, 15) is 0 Å². The fraction of sp³-hybridized carbons (Fsp3) is 0.214. The molecule has 92 valence electrons. The molecule has 0 radical (unpaired) electrons. The highest BCUT2D eigenvalue weighted by Crippen LogP contribution is 2.30. The second kappa shape index (κ2) is 5.55. The van der Waals surface area contributed by atoms with E-state index in [0.29, 0.717) is 11.6 Å². The Labute approximate surface area is 120 Å². The molecule has 0 N–H and O–H groups in total. The molecule has 0 aliphatic heterocycles. The summed E-state index contributed by atoms with van der Waals surface area (Å²) in [7, 11) is 2.07. The third kappa shape index (κ3) is 2.58. The summed E-state index contributed by atoms with van der Waals surface area (Å²) in [6, 6.07) is 12.5. The Bertz CT molecular complexity index is 572. The second-order valence-corrected chi connectivity index (χ2v) is 5.91. The van der Waals surface area contributed by atoms with Gasteiger partial charge in [0.2, 0.25) is 0 Å². The zero-order chi connectivity index (χ0) is 13.1. The molecule has 2 aromatic rings. The van der Waals surface area contributed by atoms with E-state index in [-0.39, 0.29) is 0 Å². The summed E-state index contributed by atoms with van der Waals surface area (Å²) in [6.45, 7) is 2.18. The van der Waals surface area contributed by atoms with Gasteiger partial charge < -0.3 is 4.90 Å². The SMILES string of the molecule is CC(c1cccs1)N(C)c1ccc(C#N)c(Br)c1. The highest BCUT2D eigenvalue weighted by Gasteiger charge is 2.14. The van der Waals surface area contributed by atoms with Crippen LogP contribution in [0.4, 0.5) is 5.69 Å². The van der Waals surface area contributed by atoms with E-state index in [1.54, 1.807) is 11.3 Å². The minimum atomic E-state index is 0.324. The normalized spacial score (nSPS) is 11.9. The fourth-order valence-electron chi connectivity index (χ4n) is 1.76. The quantitative estimate of drug-likeness (QED) is 0.827. The molecule has 2 nitrogen and oxygen atoms in total. The number of nitrogens with zero attached hydrogens (tertiary/aromatic N) is 2. The standard InChI is InChI=1S/C14H13BrN2S/c1-10(14-4-3-7-18-14)17(2)12-6-5-11(9-16)13(15)8-12/h3-8,10H,1-2H3. The van der Waals surface area contributed by atoms with Gasteiger partial charge in [0.25, 0.3) is 0 Å². The van der Waals surface area contributed by atoms with E-state index in [0.717, 1.165) is 10.2 Å². The molecule has 0 bridgehead atoms. The Hall–Kier alpha value is -1.31. The van der Waals surface area contributed by atoms with Crippen LogP contribution >= 0.6 is 27.3 Å². The minimum absolute atomic E-state index is 0.324. The van der Waals surface area contributed by atoms with Crippen molar-refractivity contribution < 1.29 is 0 Å². The van der Waals surface area contributed by atoms with Crippen LogP contribution in [-0.4, -0.2) is 7.05 Å². The van der Waals surface area contributed by atoms with E-state index >= 15 is 0 Å². The largest absolute Gasteiger partial charge is 0.367 e. The number of hydrogen-bond acceptors (Lipinski definition) is 3. The molecular weight excluding hydrogens is 308 g/mol. The number of halogens is 1. The van der Waals surface area contributed by atoms with Gasteiger partial charge in [0.1, 0.15) is 6.07 Å².